The molecule has 2 aliphatic rings. The van der Waals surface area contributed by atoms with E-state index in [1.165, 1.54) is 0 Å². The van der Waals surface area contributed by atoms with Crippen LogP contribution in [0.25, 0.3) is 0 Å². The minimum atomic E-state index is -0.848. The van der Waals surface area contributed by atoms with Crippen LogP contribution in [0.2, 0.25) is 0 Å². The molecule has 1 unspecified atom stereocenters. The molecule has 224 valence electrons. The van der Waals surface area contributed by atoms with Gasteiger partial charge in [0.25, 0.3) is 0 Å². The van der Waals surface area contributed by atoms with Crippen molar-refractivity contribution in [1.82, 2.24) is 19.6 Å². The number of carboxylic acid groups (broad SMARTS) is 1. The van der Waals surface area contributed by atoms with Gasteiger partial charge in [0, 0.05) is 58.0 Å². The Bertz CT molecular complexity index is 1000. The third-order valence-electron chi connectivity index (χ3n) is 8.45. The number of rotatable bonds is 16. The lowest BCUT2D eigenvalue weighted by Crippen LogP contribution is -2.46. The molecule has 0 saturated carbocycles. The van der Waals surface area contributed by atoms with E-state index in [1.54, 1.807) is 11.8 Å². The Hall–Kier alpha value is -2.65. The van der Waals surface area contributed by atoms with Gasteiger partial charge in [-0.15, -0.1) is 0 Å². The number of amides is 2. The van der Waals surface area contributed by atoms with Gasteiger partial charge in [0.15, 0.2) is 0 Å². The number of carboxylic acids is 1. The van der Waals surface area contributed by atoms with Gasteiger partial charge < -0.3 is 24.5 Å². The summed E-state index contributed by atoms with van der Waals surface area (Å²) < 4.78 is 5.68. The minimum absolute atomic E-state index is 0.0198. The summed E-state index contributed by atoms with van der Waals surface area (Å²) in [6.45, 7) is 10.4. The van der Waals surface area contributed by atoms with Crippen LogP contribution in [0.4, 0.5) is 0 Å². The van der Waals surface area contributed by atoms with Crippen LogP contribution in [-0.4, -0.2) is 115 Å². The molecule has 1 saturated heterocycles. The Morgan fingerprint density at radius 2 is 1.75 bits per heavy atom. The van der Waals surface area contributed by atoms with E-state index in [1.807, 2.05) is 24.0 Å². The van der Waals surface area contributed by atoms with Crippen LogP contribution < -0.4 is 4.74 Å². The molecular formula is C31H50N4O5. The maximum absolute atomic E-state index is 13.7. The molecule has 3 rings (SSSR count). The summed E-state index contributed by atoms with van der Waals surface area (Å²) in [5.41, 5.74) is 2.10. The van der Waals surface area contributed by atoms with Gasteiger partial charge in [0.2, 0.25) is 11.8 Å². The van der Waals surface area contributed by atoms with E-state index >= 15 is 0 Å². The largest absolute Gasteiger partial charge is 0.493 e. The standard InChI is InChI=1S/C31H50N4O5/c1-6-8-16-34(17-10-9-15-32(4)5)29(37)22-35-21-26(24-11-12-28-25(20-24)14-19-40-28)30(31(38)39)27(35)13-18-33(7-2)23(3)36/h11-12,20,26-27,30H,6-10,13-19,21-22H2,1-5H3,(H,38,39)/t26-,27+,30?/m1/s1. The number of benzene rings is 1. The van der Waals surface area contributed by atoms with Crippen molar-refractivity contribution in [1.29, 1.82) is 0 Å². The number of nitrogens with zero attached hydrogens (tertiary/aromatic N) is 4. The van der Waals surface area contributed by atoms with E-state index in [2.05, 4.69) is 36.9 Å². The number of fused-ring (bicyclic) bond motifs is 1. The predicted molar refractivity (Wildman–Crippen MR) is 157 cm³/mol. The average molecular weight is 559 g/mol. The molecule has 0 bridgehead atoms. The van der Waals surface area contributed by atoms with Crippen molar-refractivity contribution < 1.29 is 24.2 Å². The molecule has 1 fully saturated rings. The zero-order chi connectivity index (χ0) is 29.2. The number of carbonyl (C=O) groups excluding carboxylic acids is 2. The maximum atomic E-state index is 13.7. The number of unbranched alkanes of at least 4 members (excludes halogenated alkanes) is 2. The summed E-state index contributed by atoms with van der Waals surface area (Å²) in [7, 11) is 4.12. The van der Waals surface area contributed by atoms with Crippen LogP contribution in [0.1, 0.15) is 69.9 Å². The molecule has 0 spiro atoms. The third-order valence-corrected chi connectivity index (χ3v) is 8.45. The van der Waals surface area contributed by atoms with Gasteiger partial charge in [-0.1, -0.05) is 25.5 Å². The second-order valence-electron chi connectivity index (χ2n) is 11.6. The number of hydrogen-bond acceptors (Lipinski definition) is 6. The summed E-state index contributed by atoms with van der Waals surface area (Å²) in [6, 6.07) is 5.69. The van der Waals surface area contributed by atoms with Crippen molar-refractivity contribution in [3.8, 4) is 5.75 Å². The zero-order valence-corrected chi connectivity index (χ0v) is 25.2. The topological polar surface area (TPSA) is 93.6 Å². The van der Waals surface area contributed by atoms with E-state index in [0.29, 0.717) is 32.7 Å². The molecule has 9 nitrogen and oxygen atoms in total. The predicted octanol–water partition coefficient (Wildman–Crippen LogP) is 3.32. The maximum Gasteiger partial charge on any atom is 0.308 e. The summed E-state index contributed by atoms with van der Waals surface area (Å²) in [5, 5.41) is 10.5. The normalized spacial score (nSPS) is 20.4. The Balaban J connectivity index is 1.83. The van der Waals surface area contributed by atoms with E-state index in [-0.39, 0.29) is 30.3 Å². The number of likely N-dealkylation sites (tertiary alicyclic amines) is 1. The lowest BCUT2D eigenvalue weighted by molar-refractivity contribution is -0.144. The summed E-state index contributed by atoms with van der Waals surface area (Å²) in [5.74, 6) is -0.832. The van der Waals surface area contributed by atoms with E-state index in [0.717, 1.165) is 68.6 Å². The average Bonchev–Trinajstić information content (AvgIpc) is 3.52. The van der Waals surface area contributed by atoms with Crippen molar-refractivity contribution in [3.63, 3.8) is 0 Å². The first-order valence-electron chi connectivity index (χ1n) is 15.1. The zero-order valence-electron chi connectivity index (χ0n) is 25.2. The Kier molecular flexibility index (Phi) is 12.3. The molecule has 0 aromatic heterocycles. The highest BCUT2D eigenvalue weighted by Crippen LogP contribution is 2.41. The molecule has 2 amide bonds. The van der Waals surface area contributed by atoms with E-state index in [9.17, 15) is 19.5 Å². The third kappa shape index (κ3) is 8.43. The molecule has 1 N–H and O–H groups in total. The van der Waals surface area contributed by atoms with Crippen molar-refractivity contribution in [2.24, 2.45) is 5.92 Å². The molecule has 40 heavy (non-hydrogen) atoms. The van der Waals surface area contributed by atoms with Crippen molar-refractivity contribution in [3.05, 3.63) is 29.3 Å². The summed E-state index contributed by atoms with van der Waals surface area (Å²) in [6.07, 6.45) is 5.27. The van der Waals surface area contributed by atoms with Gasteiger partial charge in [0.1, 0.15) is 5.75 Å². The van der Waals surface area contributed by atoms with Crippen LogP contribution >= 0.6 is 0 Å². The number of ether oxygens (including phenoxy) is 1. The Morgan fingerprint density at radius 3 is 2.40 bits per heavy atom. The molecule has 0 radical (unpaired) electrons. The van der Waals surface area contributed by atoms with Crippen molar-refractivity contribution in [2.75, 3.05) is 66.5 Å². The minimum Gasteiger partial charge on any atom is -0.493 e. The van der Waals surface area contributed by atoms with Crippen LogP contribution in [0.15, 0.2) is 18.2 Å². The van der Waals surface area contributed by atoms with E-state index < -0.39 is 11.9 Å². The number of aliphatic carboxylic acids is 1. The lowest BCUT2D eigenvalue weighted by atomic mass is 9.83. The Morgan fingerprint density at radius 1 is 1.02 bits per heavy atom. The highest BCUT2D eigenvalue weighted by Gasteiger charge is 2.47. The number of hydrogen-bond donors (Lipinski definition) is 1. The highest BCUT2D eigenvalue weighted by atomic mass is 16.5. The second kappa shape index (κ2) is 15.4. The van der Waals surface area contributed by atoms with Gasteiger partial charge in [-0.25, -0.2) is 0 Å². The smallest absolute Gasteiger partial charge is 0.308 e. The molecular weight excluding hydrogens is 508 g/mol. The van der Waals surface area contributed by atoms with Crippen molar-refractivity contribution in [2.45, 2.75) is 71.3 Å². The molecule has 1 aromatic carbocycles. The molecule has 0 aliphatic carbocycles. The van der Waals surface area contributed by atoms with Gasteiger partial charge >= 0.3 is 5.97 Å². The number of carbonyl (C=O) groups is 3. The molecule has 9 heteroatoms. The second-order valence-corrected chi connectivity index (χ2v) is 11.6. The summed E-state index contributed by atoms with van der Waals surface area (Å²) >= 11 is 0. The quantitative estimate of drug-likeness (QED) is 0.311. The fourth-order valence-electron chi connectivity index (χ4n) is 6.17. The van der Waals surface area contributed by atoms with Crippen LogP contribution in [-0.2, 0) is 20.8 Å². The van der Waals surface area contributed by atoms with E-state index in [4.69, 9.17) is 4.74 Å². The van der Waals surface area contributed by atoms with Gasteiger partial charge in [-0.2, -0.15) is 0 Å². The fourth-order valence-corrected chi connectivity index (χ4v) is 6.17. The highest BCUT2D eigenvalue weighted by molar-refractivity contribution is 5.79. The van der Waals surface area contributed by atoms with Crippen LogP contribution in [0.5, 0.6) is 5.75 Å². The fraction of sp³-hybridized carbons (Fsp3) is 0.710. The molecule has 1 aromatic rings. The first-order valence-corrected chi connectivity index (χ1v) is 15.1. The Labute approximate surface area is 240 Å². The van der Waals surface area contributed by atoms with Gasteiger partial charge in [0.05, 0.1) is 19.1 Å². The first-order chi connectivity index (χ1) is 19.2. The molecule has 2 aliphatic heterocycles. The van der Waals surface area contributed by atoms with Gasteiger partial charge in [-0.05, 0) is 70.4 Å². The first kappa shape index (κ1) is 31.9. The van der Waals surface area contributed by atoms with Crippen molar-refractivity contribution >= 4 is 17.8 Å². The summed E-state index contributed by atoms with van der Waals surface area (Å²) in [4.78, 5) is 46.6. The molecule has 2 heterocycles. The lowest BCUT2D eigenvalue weighted by Gasteiger charge is -2.31. The molecule has 3 atom stereocenters. The monoisotopic (exact) mass is 558 g/mol. The van der Waals surface area contributed by atoms with Crippen LogP contribution in [0.3, 0.4) is 0 Å². The van der Waals surface area contributed by atoms with Gasteiger partial charge in [-0.3, -0.25) is 19.3 Å². The van der Waals surface area contributed by atoms with Crippen LogP contribution in [0, 0.1) is 5.92 Å². The SMILES string of the molecule is CCCCN(CCCCN(C)C)C(=O)CN1C[C@H](c2ccc3c(c2)CCO3)C(C(=O)O)[C@@H]1CCN(CC)C(C)=O.